The molecule has 0 saturated heterocycles. The summed E-state index contributed by atoms with van der Waals surface area (Å²) in [7, 11) is 0. The van der Waals surface area contributed by atoms with Crippen LogP contribution in [-0.4, -0.2) is 11.7 Å². The van der Waals surface area contributed by atoms with Crippen LogP contribution in [0.5, 0.6) is 0 Å². The number of hydrogen-bond acceptors (Lipinski definition) is 4. The molecule has 0 spiro atoms. The Morgan fingerprint density at radius 2 is 1.91 bits per heavy atom. The zero-order valence-electron chi connectivity index (χ0n) is 12.8. The van der Waals surface area contributed by atoms with Gasteiger partial charge in [0, 0.05) is 11.9 Å². The Hall–Kier alpha value is -2.04. The summed E-state index contributed by atoms with van der Waals surface area (Å²) in [6.07, 6.45) is 0.901. The molecule has 0 aliphatic carbocycles. The molecule has 2 unspecified atom stereocenters. The Balaban J connectivity index is 1.75. The largest absolute Gasteiger partial charge is 0.467 e. The van der Waals surface area contributed by atoms with Crippen LogP contribution >= 0.6 is 0 Å². The number of hydrogen-bond donors (Lipinski definition) is 2. The Morgan fingerprint density at radius 3 is 2.59 bits per heavy atom. The fraction of sp³-hybridized carbons (Fsp3) is 0.333. The van der Waals surface area contributed by atoms with Gasteiger partial charge in [-0.2, -0.15) is 0 Å². The van der Waals surface area contributed by atoms with Crippen molar-refractivity contribution in [2.45, 2.75) is 26.0 Å². The fourth-order valence-electron chi connectivity index (χ4n) is 2.64. The van der Waals surface area contributed by atoms with Crippen LogP contribution in [0.15, 0.2) is 57.6 Å². The first-order valence-electron chi connectivity index (χ1n) is 7.58. The van der Waals surface area contributed by atoms with Gasteiger partial charge in [-0.05, 0) is 30.2 Å². The quantitative estimate of drug-likeness (QED) is 0.721. The number of fused-ring (bicyclic) bond motifs is 1. The monoisotopic (exact) mass is 299 g/mol. The Kier molecular flexibility index (Phi) is 4.32. The van der Waals surface area contributed by atoms with E-state index in [-0.39, 0.29) is 6.04 Å². The molecule has 0 aliphatic rings. The van der Waals surface area contributed by atoms with Crippen molar-refractivity contribution >= 4 is 11.0 Å². The summed E-state index contributed by atoms with van der Waals surface area (Å²) in [5.74, 6) is 1.80. The van der Waals surface area contributed by atoms with E-state index in [2.05, 4.69) is 25.2 Å². The molecule has 0 fully saturated rings. The van der Waals surface area contributed by atoms with Gasteiger partial charge < -0.3 is 19.3 Å². The number of benzene rings is 1. The zero-order valence-corrected chi connectivity index (χ0v) is 12.8. The normalized spacial score (nSPS) is 14.5. The molecule has 4 nitrogen and oxygen atoms in total. The second kappa shape index (κ2) is 6.38. The molecule has 3 rings (SSSR count). The van der Waals surface area contributed by atoms with Gasteiger partial charge in [-0.1, -0.05) is 32.0 Å². The van der Waals surface area contributed by atoms with Crippen LogP contribution in [-0.2, 0) is 0 Å². The molecule has 0 saturated carbocycles. The average Bonchev–Trinajstić information content (AvgIpc) is 3.16. The molecule has 2 aromatic heterocycles. The number of furan rings is 2. The summed E-state index contributed by atoms with van der Waals surface area (Å²) in [6, 6.07) is 13.6. The van der Waals surface area contributed by atoms with E-state index in [4.69, 9.17) is 8.83 Å². The van der Waals surface area contributed by atoms with Gasteiger partial charge in [-0.15, -0.1) is 0 Å². The summed E-state index contributed by atoms with van der Waals surface area (Å²) in [5.41, 5.74) is 0.886. The van der Waals surface area contributed by atoms with Gasteiger partial charge in [0.25, 0.3) is 0 Å². The fourth-order valence-corrected chi connectivity index (χ4v) is 2.64. The maximum absolute atomic E-state index is 10.1. The molecule has 0 radical (unpaired) electrons. The SMILES string of the molecule is CC(C)C(NCC(O)c1ccco1)c1cc2ccccc2o1. The first kappa shape index (κ1) is 14.9. The number of rotatable bonds is 6. The molecular weight excluding hydrogens is 278 g/mol. The number of nitrogens with one attached hydrogen (secondary N) is 1. The molecule has 2 N–H and O–H groups in total. The lowest BCUT2D eigenvalue weighted by Crippen LogP contribution is -2.29. The van der Waals surface area contributed by atoms with Crippen LogP contribution in [0.2, 0.25) is 0 Å². The van der Waals surface area contributed by atoms with E-state index < -0.39 is 6.10 Å². The lowest BCUT2D eigenvalue weighted by Gasteiger charge is -2.21. The van der Waals surface area contributed by atoms with Crippen molar-refractivity contribution in [1.29, 1.82) is 0 Å². The predicted molar refractivity (Wildman–Crippen MR) is 85.5 cm³/mol. The van der Waals surface area contributed by atoms with Crippen LogP contribution in [0.1, 0.15) is 37.5 Å². The first-order valence-corrected chi connectivity index (χ1v) is 7.58. The third kappa shape index (κ3) is 3.08. The van der Waals surface area contributed by atoms with Crippen molar-refractivity contribution in [3.63, 3.8) is 0 Å². The molecule has 116 valence electrons. The lowest BCUT2D eigenvalue weighted by atomic mass is 10.0. The molecule has 0 bridgehead atoms. The highest BCUT2D eigenvalue weighted by Gasteiger charge is 2.21. The summed E-state index contributed by atoms with van der Waals surface area (Å²) < 4.78 is 11.2. The number of para-hydroxylation sites is 1. The smallest absolute Gasteiger partial charge is 0.134 e. The minimum Gasteiger partial charge on any atom is -0.467 e. The van der Waals surface area contributed by atoms with Gasteiger partial charge in [0.2, 0.25) is 0 Å². The highest BCUT2D eigenvalue weighted by atomic mass is 16.4. The van der Waals surface area contributed by atoms with Gasteiger partial charge in [0.05, 0.1) is 12.3 Å². The zero-order chi connectivity index (χ0) is 15.5. The molecular formula is C18H21NO3. The second-order valence-corrected chi connectivity index (χ2v) is 5.85. The lowest BCUT2D eigenvalue weighted by molar-refractivity contribution is 0.138. The van der Waals surface area contributed by atoms with Gasteiger partial charge in [0.15, 0.2) is 0 Å². The van der Waals surface area contributed by atoms with Crippen molar-refractivity contribution < 1.29 is 13.9 Å². The molecule has 1 aromatic carbocycles. The van der Waals surface area contributed by atoms with Crippen molar-refractivity contribution in [2.24, 2.45) is 5.92 Å². The average molecular weight is 299 g/mol. The van der Waals surface area contributed by atoms with Gasteiger partial charge in [0.1, 0.15) is 23.2 Å². The highest BCUT2D eigenvalue weighted by molar-refractivity contribution is 5.77. The third-order valence-corrected chi connectivity index (χ3v) is 3.82. The van der Waals surface area contributed by atoms with Crippen LogP contribution in [0, 0.1) is 5.92 Å². The second-order valence-electron chi connectivity index (χ2n) is 5.85. The van der Waals surface area contributed by atoms with E-state index in [1.165, 1.54) is 0 Å². The number of aliphatic hydroxyl groups is 1. The Labute approximate surface area is 129 Å². The van der Waals surface area contributed by atoms with E-state index in [1.807, 2.05) is 24.3 Å². The van der Waals surface area contributed by atoms with E-state index in [1.54, 1.807) is 18.4 Å². The maximum Gasteiger partial charge on any atom is 0.134 e. The minimum atomic E-state index is -0.666. The molecule has 3 aromatic rings. The minimum absolute atomic E-state index is 0.0389. The standard InChI is InChI=1S/C18H21NO3/c1-12(2)18(19-11-14(20)16-8-5-9-21-16)17-10-13-6-3-4-7-15(13)22-17/h3-10,12,14,18-20H,11H2,1-2H3. The maximum atomic E-state index is 10.1. The van der Waals surface area contributed by atoms with E-state index in [0.29, 0.717) is 18.2 Å². The Morgan fingerprint density at radius 1 is 1.09 bits per heavy atom. The van der Waals surface area contributed by atoms with Gasteiger partial charge in [-0.25, -0.2) is 0 Å². The van der Waals surface area contributed by atoms with Crippen molar-refractivity contribution in [1.82, 2.24) is 5.32 Å². The first-order chi connectivity index (χ1) is 10.6. The van der Waals surface area contributed by atoms with Crippen LogP contribution in [0.4, 0.5) is 0 Å². The molecule has 2 heterocycles. The Bertz CT molecular complexity index is 682. The number of aliphatic hydroxyl groups excluding tert-OH is 1. The topological polar surface area (TPSA) is 58.5 Å². The van der Waals surface area contributed by atoms with Crippen molar-refractivity contribution in [3.8, 4) is 0 Å². The summed E-state index contributed by atoms with van der Waals surface area (Å²) >= 11 is 0. The van der Waals surface area contributed by atoms with Crippen LogP contribution < -0.4 is 5.32 Å². The third-order valence-electron chi connectivity index (χ3n) is 3.82. The van der Waals surface area contributed by atoms with Crippen molar-refractivity contribution in [3.05, 3.63) is 60.2 Å². The van der Waals surface area contributed by atoms with Crippen LogP contribution in [0.3, 0.4) is 0 Å². The van der Waals surface area contributed by atoms with Crippen molar-refractivity contribution in [2.75, 3.05) is 6.54 Å². The van der Waals surface area contributed by atoms with E-state index in [0.717, 1.165) is 16.7 Å². The molecule has 0 aliphatic heterocycles. The van der Waals surface area contributed by atoms with E-state index in [9.17, 15) is 5.11 Å². The highest BCUT2D eigenvalue weighted by Crippen LogP contribution is 2.28. The predicted octanol–water partition coefficient (Wildman–Crippen LogP) is 4.05. The molecule has 0 amide bonds. The summed E-state index contributed by atoms with van der Waals surface area (Å²) in [5, 5.41) is 14.6. The van der Waals surface area contributed by atoms with Gasteiger partial charge in [-0.3, -0.25) is 0 Å². The van der Waals surface area contributed by atoms with E-state index >= 15 is 0 Å². The van der Waals surface area contributed by atoms with Crippen LogP contribution in [0.25, 0.3) is 11.0 Å². The van der Waals surface area contributed by atoms with Gasteiger partial charge >= 0.3 is 0 Å². The molecule has 2 atom stereocenters. The molecule has 22 heavy (non-hydrogen) atoms. The molecule has 4 heteroatoms. The summed E-state index contributed by atoms with van der Waals surface area (Å²) in [6.45, 7) is 4.67. The summed E-state index contributed by atoms with van der Waals surface area (Å²) in [4.78, 5) is 0.